The van der Waals surface area contributed by atoms with Gasteiger partial charge in [-0.05, 0) is 36.5 Å². The number of thiocarbonyl (C=S) groups is 1. The van der Waals surface area contributed by atoms with Crippen LogP contribution in [-0.4, -0.2) is 16.0 Å². The summed E-state index contributed by atoms with van der Waals surface area (Å²) in [5.41, 5.74) is 6.02. The van der Waals surface area contributed by atoms with Gasteiger partial charge in [0.05, 0.1) is 0 Å². The number of hydrogen-bond donors (Lipinski definition) is 3. The van der Waals surface area contributed by atoms with Crippen molar-refractivity contribution in [3.05, 3.63) is 60.3 Å². The molecule has 0 spiro atoms. The third-order valence-electron chi connectivity index (χ3n) is 2.23. The summed E-state index contributed by atoms with van der Waals surface area (Å²) in [4.78, 5) is 15.8. The molecule has 0 aliphatic carbocycles. The monoisotopic (exact) mass is 272 g/mol. The number of hydrazine groups is 1. The molecule has 0 bridgehead atoms. The lowest BCUT2D eigenvalue weighted by Crippen LogP contribution is -2.42. The number of aromatic nitrogens is 1. The highest BCUT2D eigenvalue weighted by Crippen LogP contribution is 1.98. The molecule has 0 fully saturated rings. The maximum Gasteiger partial charge on any atom is 0.257 e. The van der Waals surface area contributed by atoms with Crippen molar-refractivity contribution in [1.82, 2.24) is 15.7 Å². The van der Waals surface area contributed by atoms with Gasteiger partial charge in [0.15, 0.2) is 5.11 Å². The fourth-order valence-electron chi connectivity index (χ4n) is 1.35. The summed E-state index contributed by atoms with van der Waals surface area (Å²) in [6.45, 7) is 0. The molecule has 3 N–H and O–H groups in total. The highest BCUT2D eigenvalue weighted by atomic mass is 32.1. The molecule has 2 rings (SSSR count). The number of carbonyl (C=O) groups excluding carboxylic acids is 1. The van der Waals surface area contributed by atoms with Crippen LogP contribution >= 0.6 is 12.2 Å². The Morgan fingerprint density at radius 1 is 1.05 bits per heavy atom. The van der Waals surface area contributed by atoms with Gasteiger partial charge in [-0.25, -0.2) is 4.98 Å². The minimum Gasteiger partial charge on any atom is -0.298 e. The maximum absolute atomic E-state index is 11.8. The van der Waals surface area contributed by atoms with Crippen LogP contribution < -0.4 is 16.2 Å². The van der Waals surface area contributed by atoms with Crippen LogP contribution in [0.25, 0.3) is 0 Å². The van der Waals surface area contributed by atoms with Crippen molar-refractivity contribution in [1.29, 1.82) is 0 Å². The molecule has 0 saturated carbocycles. The van der Waals surface area contributed by atoms with Crippen molar-refractivity contribution in [2.75, 3.05) is 5.43 Å². The predicted octanol–water partition coefficient (Wildman–Crippen LogP) is 1.71. The fraction of sp³-hybridized carbons (Fsp3) is 0. The van der Waals surface area contributed by atoms with Gasteiger partial charge in [-0.3, -0.25) is 21.0 Å². The third-order valence-corrected chi connectivity index (χ3v) is 2.44. The van der Waals surface area contributed by atoms with Crippen molar-refractivity contribution in [3.63, 3.8) is 0 Å². The second kappa shape index (κ2) is 6.46. The molecule has 1 aromatic carbocycles. The van der Waals surface area contributed by atoms with E-state index in [0.717, 1.165) is 0 Å². The number of rotatable bonds is 3. The molecular weight excluding hydrogens is 260 g/mol. The molecule has 0 aliphatic rings. The van der Waals surface area contributed by atoms with Crippen LogP contribution in [0.2, 0.25) is 0 Å². The smallest absolute Gasteiger partial charge is 0.257 e. The van der Waals surface area contributed by atoms with Crippen LogP contribution in [0.15, 0.2) is 54.7 Å². The van der Waals surface area contributed by atoms with Crippen LogP contribution in [0.4, 0.5) is 5.82 Å². The first-order chi connectivity index (χ1) is 9.25. The number of nitrogens with one attached hydrogen (secondary N) is 3. The highest BCUT2D eigenvalue weighted by Gasteiger charge is 2.06. The molecule has 1 aromatic heterocycles. The molecule has 0 atom stereocenters. The first-order valence-electron chi connectivity index (χ1n) is 5.59. The van der Waals surface area contributed by atoms with Gasteiger partial charge in [0.1, 0.15) is 5.82 Å². The normalized spacial score (nSPS) is 9.47. The van der Waals surface area contributed by atoms with Crippen molar-refractivity contribution in [3.8, 4) is 0 Å². The summed E-state index contributed by atoms with van der Waals surface area (Å²) in [5.74, 6) is 0.347. The molecular formula is C13H12N4OS. The van der Waals surface area contributed by atoms with E-state index in [-0.39, 0.29) is 11.0 Å². The quantitative estimate of drug-likeness (QED) is 0.586. The van der Waals surface area contributed by atoms with Crippen molar-refractivity contribution in [2.24, 2.45) is 0 Å². The van der Waals surface area contributed by atoms with Crippen LogP contribution in [0.5, 0.6) is 0 Å². The Labute approximate surface area is 116 Å². The number of pyridine rings is 1. The van der Waals surface area contributed by atoms with Gasteiger partial charge < -0.3 is 0 Å². The number of hydrogen-bond acceptors (Lipinski definition) is 4. The van der Waals surface area contributed by atoms with E-state index in [1.165, 1.54) is 0 Å². The minimum absolute atomic E-state index is 0.180. The lowest BCUT2D eigenvalue weighted by Gasteiger charge is -2.10. The number of nitrogens with zero attached hydrogens (tertiary/aromatic N) is 1. The third kappa shape index (κ3) is 4.04. The number of carbonyl (C=O) groups is 1. The van der Waals surface area contributed by atoms with E-state index in [1.807, 2.05) is 12.1 Å². The molecule has 1 heterocycles. The molecule has 96 valence electrons. The summed E-state index contributed by atoms with van der Waals surface area (Å²) in [7, 11) is 0. The van der Waals surface area contributed by atoms with Crippen LogP contribution in [0.1, 0.15) is 10.4 Å². The Kier molecular flexibility index (Phi) is 4.41. The minimum atomic E-state index is -0.263. The summed E-state index contributed by atoms with van der Waals surface area (Å²) in [5, 5.41) is 2.74. The summed E-state index contributed by atoms with van der Waals surface area (Å²) in [6, 6.07) is 14.3. The largest absolute Gasteiger partial charge is 0.298 e. The van der Waals surface area contributed by atoms with Crippen LogP contribution in [0, 0.1) is 0 Å². The molecule has 19 heavy (non-hydrogen) atoms. The summed E-state index contributed by atoms with van der Waals surface area (Å²) >= 11 is 5.00. The Bertz CT molecular complexity index is 559. The van der Waals surface area contributed by atoms with Crippen LogP contribution in [0.3, 0.4) is 0 Å². The lowest BCUT2D eigenvalue weighted by atomic mass is 10.2. The summed E-state index contributed by atoms with van der Waals surface area (Å²) in [6.07, 6.45) is 1.65. The summed E-state index contributed by atoms with van der Waals surface area (Å²) < 4.78 is 0. The Balaban J connectivity index is 1.83. The molecule has 0 radical (unpaired) electrons. The van der Waals surface area contributed by atoms with Gasteiger partial charge in [0.25, 0.3) is 5.91 Å². The topological polar surface area (TPSA) is 66.1 Å². The standard InChI is InChI=1S/C13H12N4OS/c18-12(10-6-2-1-3-7-10)15-13(19)17-16-11-8-4-5-9-14-11/h1-9H,(H,14,16)(H2,15,17,18,19). The fourth-order valence-corrected chi connectivity index (χ4v) is 1.50. The van der Waals surface area contributed by atoms with E-state index < -0.39 is 0 Å². The number of benzene rings is 1. The molecule has 1 amide bonds. The number of anilines is 1. The number of amides is 1. The van der Waals surface area contributed by atoms with Gasteiger partial charge in [-0.1, -0.05) is 24.3 Å². The van der Waals surface area contributed by atoms with E-state index >= 15 is 0 Å². The average molecular weight is 272 g/mol. The maximum atomic E-state index is 11.8. The first kappa shape index (κ1) is 13.0. The average Bonchev–Trinajstić information content (AvgIpc) is 2.47. The van der Waals surface area contributed by atoms with Crippen molar-refractivity contribution < 1.29 is 4.79 Å². The Morgan fingerprint density at radius 2 is 1.79 bits per heavy atom. The zero-order valence-electron chi connectivity index (χ0n) is 9.96. The van der Waals surface area contributed by atoms with Crippen LogP contribution in [-0.2, 0) is 0 Å². The van der Waals surface area contributed by atoms with Crippen molar-refractivity contribution >= 4 is 29.1 Å². The van der Waals surface area contributed by atoms with E-state index in [1.54, 1.807) is 42.6 Å². The van der Waals surface area contributed by atoms with Gasteiger partial charge in [-0.15, -0.1) is 0 Å². The van der Waals surface area contributed by atoms with Gasteiger partial charge in [0.2, 0.25) is 0 Å². The van der Waals surface area contributed by atoms with E-state index in [2.05, 4.69) is 21.2 Å². The van der Waals surface area contributed by atoms with E-state index in [0.29, 0.717) is 11.4 Å². The zero-order valence-corrected chi connectivity index (χ0v) is 10.8. The van der Waals surface area contributed by atoms with Gasteiger partial charge >= 0.3 is 0 Å². The molecule has 0 saturated heterocycles. The second-order valence-electron chi connectivity index (χ2n) is 3.61. The predicted molar refractivity (Wildman–Crippen MR) is 77.5 cm³/mol. The molecule has 5 nitrogen and oxygen atoms in total. The lowest BCUT2D eigenvalue weighted by molar-refractivity contribution is 0.0977. The second-order valence-corrected chi connectivity index (χ2v) is 4.02. The Morgan fingerprint density at radius 3 is 2.47 bits per heavy atom. The molecule has 0 unspecified atom stereocenters. The molecule has 0 aliphatic heterocycles. The van der Waals surface area contributed by atoms with Crippen molar-refractivity contribution in [2.45, 2.75) is 0 Å². The zero-order chi connectivity index (χ0) is 13.5. The van der Waals surface area contributed by atoms with E-state index in [9.17, 15) is 4.79 Å². The molecule has 6 heteroatoms. The molecule has 2 aromatic rings. The SMILES string of the molecule is O=C(NC(=S)NNc1ccccn1)c1ccccc1. The van der Waals surface area contributed by atoms with Gasteiger partial charge in [-0.2, -0.15) is 0 Å². The van der Waals surface area contributed by atoms with Gasteiger partial charge in [0, 0.05) is 11.8 Å². The Hall–Kier alpha value is -2.47. The van der Waals surface area contributed by atoms with E-state index in [4.69, 9.17) is 12.2 Å². The first-order valence-corrected chi connectivity index (χ1v) is 6.00. The highest BCUT2D eigenvalue weighted by molar-refractivity contribution is 7.80.